The molecule has 55 heavy (non-hydrogen) atoms. The van der Waals surface area contributed by atoms with Crippen LogP contribution in [0.15, 0.2) is 206 Å². The van der Waals surface area contributed by atoms with Gasteiger partial charge in [0.25, 0.3) is 0 Å². The Labute approximate surface area is 328 Å². The molecular weight excluding hydrogens is 669 g/mol. The van der Waals surface area contributed by atoms with Gasteiger partial charge < -0.3 is 4.57 Å². The second-order valence-corrected chi connectivity index (χ2v) is 13.2. The topological polar surface area (TPSA) is 43.6 Å². The molecule has 0 amide bonds. The van der Waals surface area contributed by atoms with Crippen LogP contribution in [0.1, 0.15) is 8.22 Å². The molecule has 0 atom stereocenters. The number of aromatic nitrogens is 4. The lowest BCUT2D eigenvalue weighted by atomic mass is 9.96. The van der Waals surface area contributed by atoms with Gasteiger partial charge in [-0.2, -0.15) is 0 Å². The largest absolute Gasteiger partial charge is 0.309 e. The fourth-order valence-corrected chi connectivity index (χ4v) is 7.08. The van der Waals surface area contributed by atoms with Gasteiger partial charge in [-0.1, -0.05) is 176 Å². The van der Waals surface area contributed by atoms with E-state index in [0.717, 1.165) is 50.1 Å². The minimum Gasteiger partial charge on any atom is -0.309 e. The van der Waals surface area contributed by atoms with Crippen molar-refractivity contribution in [3.8, 4) is 73.2 Å². The highest BCUT2D eigenvalue weighted by Gasteiger charge is 2.15. The van der Waals surface area contributed by atoms with Gasteiger partial charge in [0.15, 0.2) is 17.5 Å². The summed E-state index contributed by atoms with van der Waals surface area (Å²) in [5.41, 5.74) is 9.70. The number of hydrogen-bond acceptors (Lipinski definition) is 3. The summed E-state index contributed by atoms with van der Waals surface area (Å²) in [4.78, 5) is 14.6. The molecule has 4 heteroatoms. The molecule has 0 fully saturated rings. The number of nitrogens with zero attached hydrogens (tertiary/aromatic N) is 4. The first-order chi connectivity index (χ1) is 29.7. The summed E-state index contributed by atoms with van der Waals surface area (Å²) in [6, 6.07) is 54.5. The predicted molar refractivity (Wildman–Crippen MR) is 227 cm³/mol. The van der Waals surface area contributed by atoms with Crippen LogP contribution in [-0.4, -0.2) is 19.5 Å². The lowest BCUT2D eigenvalue weighted by Gasteiger charge is -2.14. The van der Waals surface area contributed by atoms with Crippen molar-refractivity contribution >= 4 is 21.8 Å². The quantitative estimate of drug-likeness (QED) is 0.166. The van der Waals surface area contributed by atoms with Crippen LogP contribution in [0.5, 0.6) is 0 Å². The second kappa shape index (κ2) is 13.8. The fraction of sp³-hybridized carbons (Fsp3) is 0. The lowest BCUT2D eigenvalue weighted by Crippen LogP contribution is -2.00. The number of rotatable bonds is 7. The highest BCUT2D eigenvalue weighted by Crippen LogP contribution is 2.37. The van der Waals surface area contributed by atoms with Crippen molar-refractivity contribution in [2.24, 2.45) is 0 Å². The van der Waals surface area contributed by atoms with Crippen molar-refractivity contribution in [1.82, 2.24) is 19.5 Å². The zero-order valence-corrected chi connectivity index (χ0v) is 29.5. The molecule has 0 aliphatic heterocycles. The molecule has 0 bridgehead atoms. The third-order valence-corrected chi connectivity index (χ3v) is 9.80. The van der Waals surface area contributed by atoms with Crippen LogP contribution in [0.4, 0.5) is 0 Å². The Kier molecular flexibility index (Phi) is 6.63. The Bertz CT molecular complexity index is 3150. The van der Waals surface area contributed by atoms with E-state index in [1.807, 2.05) is 115 Å². The maximum Gasteiger partial charge on any atom is 0.164 e. The Morgan fingerprint density at radius 1 is 0.327 bits per heavy atom. The first-order valence-electron chi connectivity index (χ1n) is 21.0. The molecule has 2 heterocycles. The van der Waals surface area contributed by atoms with Crippen LogP contribution < -0.4 is 0 Å². The summed E-state index contributed by atoms with van der Waals surface area (Å²) in [6.45, 7) is 0. The van der Waals surface area contributed by atoms with E-state index < -0.39 is 0 Å². The third kappa shape index (κ3) is 6.16. The molecule has 0 unspecified atom stereocenters. The molecule has 0 saturated heterocycles. The van der Waals surface area contributed by atoms with E-state index in [2.05, 4.69) is 42.5 Å². The average Bonchev–Trinajstić information content (AvgIpc) is 3.69. The maximum absolute atomic E-state index is 9.01. The van der Waals surface area contributed by atoms with Gasteiger partial charge in [0.05, 0.1) is 19.3 Å². The zero-order valence-electron chi connectivity index (χ0n) is 35.5. The molecule has 8 aromatic carbocycles. The predicted octanol–water partition coefficient (Wildman–Crippen LogP) is 13.0. The Morgan fingerprint density at radius 2 is 0.673 bits per heavy atom. The van der Waals surface area contributed by atoms with Gasteiger partial charge in [-0.15, -0.1) is 0 Å². The van der Waals surface area contributed by atoms with Gasteiger partial charge in [-0.05, 0) is 63.7 Å². The van der Waals surface area contributed by atoms with E-state index in [-0.39, 0.29) is 47.0 Å². The number of fused-ring (bicyclic) bond motifs is 3. The molecule has 0 N–H and O–H groups in total. The summed E-state index contributed by atoms with van der Waals surface area (Å²) in [7, 11) is 0. The van der Waals surface area contributed by atoms with Crippen LogP contribution in [0.3, 0.4) is 0 Å². The Balaban J connectivity index is 1.06. The van der Waals surface area contributed by atoms with Crippen LogP contribution in [-0.2, 0) is 0 Å². The van der Waals surface area contributed by atoms with Crippen molar-refractivity contribution in [2.45, 2.75) is 0 Å². The normalized spacial score (nSPS) is 12.8. The molecule has 10 aromatic rings. The lowest BCUT2D eigenvalue weighted by molar-refractivity contribution is 1.07. The van der Waals surface area contributed by atoms with E-state index in [4.69, 9.17) is 23.2 Å². The zero-order chi connectivity index (χ0) is 41.8. The molecule has 258 valence electrons. The van der Waals surface area contributed by atoms with E-state index in [1.54, 1.807) is 4.57 Å². The summed E-state index contributed by atoms with van der Waals surface area (Å²) < 4.78 is 54.4. The average molecular weight is 709 g/mol. The molecular formula is C51H34N4. The van der Waals surface area contributed by atoms with Gasteiger partial charge in [0, 0.05) is 33.2 Å². The number of benzene rings is 8. The molecule has 0 radical (unpaired) electrons. The van der Waals surface area contributed by atoms with Crippen LogP contribution in [0.25, 0.3) is 95.0 Å². The molecule has 2 aromatic heterocycles. The molecule has 0 aliphatic carbocycles. The number of hydrogen-bond donors (Lipinski definition) is 0. The summed E-state index contributed by atoms with van der Waals surface area (Å²) in [6.07, 6.45) is 0. The van der Waals surface area contributed by atoms with Crippen LogP contribution in [0, 0.1) is 0 Å². The molecule has 0 aliphatic rings. The molecule has 0 saturated carbocycles. The van der Waals surface area contributed by atoms with E-state index >= 15 is 0 Å². The van der Waals surface area contributed by atoms with Crippen molar-refractivity contribution in [1.29, 1.82) is 0 Å². The standard InChI is InChI=1S/C51H34N4/c1-4-14-35(15-5-1)42-32-43(34-44(33-42)55-47-22-12-10-20-45(47)46-21-11-13-23-48(46)55)38-26-24-36(25-27-38)37-28-30-41(31-29-37)51-53-49(39-16-6-2-7-17-39)52-50(54-51)40-18-8-3-9-19-40/h1-34H/i10D,11D,20D,21D,22D,23D. The first kappa shape index (κ1) is 26.4. The van der Waals surface area contributed by atoms with E-state index in [1.165, 1.54) is 12.1 Å². The monoisotopic (exact) mass is 708 g/mol. The smallest absolute Gasteiger partial charge is 0.164 e. The highest BCUT2D eigenvalue weighted by atomic mass is 15.0. The summed E-state index contributed by atoms with van der Waals surface area (Å²) in [5.74, 6) is 1.79. The Hall–Kier alpha value is -7.43. The highest BCUT2D eigenvalue weighted by molar-refractivity contribution is 6.09. The SMILES string of the molecule is [2H]c1cc([2H])c2c(c1[2H])c1c([2H])c([2H])cc([2H])c1n2-c1cc(-c2ccccc2)cc(-c2ccc(-c3ccc(-c4nc(-c5ccccc5)nc(-c5ccccc5)n4)cc3)cc2)c1. The Morgan fingerprint density at radius 3 is 1.11 bits per heavy atom. The van der Waals surface area contributed by atoms with Crippen molar-refractivity contribution in [2.75, 3.05) is 0 Å². The minimum absolute atomic E-state index is 0.00308. The minimum atomic E-state index is -0.147. The maximum atomic E-state index is 9.01. The molecule has 4 nitrogen and oxygen atoms in total. The van der Waals surface area contributed by atoms with Gasteiger partial charge >= 0.3 is 0 Å². The second-order valence-electron chi connectivity index (χ2n) is 13.2. The van der Waals surface area contributed by atoms with E-state index in [0.29, 0.717) is 34.2 Å². The summed E-state index contributed by atoms with van der Waals surface area (Å²) >= 11 is 0. The first-order valence-corrected chi connectivity index (χ1v) is 18.0. The van der Waals surface area contributed by atoms with Crippen LogP contribution in [0.2, 0.25) is 0 Å². The van der Waals surface area contributed by atoms with Gasteiger partial charge in [0.2, 0.25) is 0 Å². The molecule has 10 rings (SSSR count). The van der Waals surface area contributed by atoms with E-state index in [9.17, 15) is 0 Å². The van der Waals surface area contributed by atoms with Gasteiger partial charge in [-0.3, -0.25) is 0 Å². The third-order valence-electron chi connectivity index (χ3n) is 9.80. The fourth-order valence-electron chi connectivity index (χ4n) is 7.08. The van der Waals surface area contributed by atoms with Crippen LogP contribution >= 0.6 is 0 Å². The van der Waals surface area contributed by atoms with Gasteiger partial charge in [0.1, 0.15) is 0 Å². The number of para-hydroxylation sites is 2. The summed E-state index contributed by atoms with van der Waals surface area (Å²) in [5, 5.41) is 0.455. The van der Waals surface area contributed by atoms with Crippen molar-refractivity contribution < 1.29 is 8.22 Å². The van der Waals surface area contributed by atoms with Crippen molar-refractivity contribution in [3.63, 3.8) is 0 Å². The van der Waals surface area contributed by atoms with Crippen molar-refractivity contribution in [3.05, 3.63) is 206 Å². The van der Waals surface area contributed by atoms with Gasteiger partial charge in [-0.25, -0.2) is 15.0 Å². The molecule has 0 spiro atoms.